The van der Waals surface area contributed by atoms with Gasteiger partial charge in [0.2, 0.25) is 0 Å². The zero-order chi connectivity index (χ0) is 21.9. The number of H-pyrrole nitrogens is 1. The minimum atomic E-state index is 0.541. The molecule has 0 unspecified atom stereocenters. The molecule has 1 saturated heterocycles. The maximum atomic E-state index is 6.36. The van der Waals surface area contributed by atoms with E-state index in [1.807, 2.05) is 36.4 Å². The smallest absolute Gasteiger partial charge is 0.156 e. The van der Waals surface area contributed by atoms with Gasteiger partial charge in [-0.25, -0.2) is 9.97 Å². The zero-order valence-corrected chi connectivity index (χ0v) is 19.0. The maximum Gasteiger partial charge on any atom is 0.156 e. The molecule has 6 nitrogen and oxygen atoms in total. The molecule has 2 N–H and O–H groups in total. The Balaban J connectivity index is 1.31. The Labute approximate surface area is 196 Å². The molecule has 164 valence electrons. The number of benzene rings is 2. The lowest BCUT2D eigenvalue weighted by Gasteiger charge is -2.15. The summed E-state index contributed by atoms with van der Waals surface area (Å²) >= 11 is 12.7. The van der Waals surface area contributed by atoms with Crippen LogP contribution in [0.2, 0.25) is 10.0 Å². The van der Waals surface area contributed by atoms with Crippen LogP contribution in [0.1, 0.15) is 12.8 Å². The van der Waals surface area contributed by atoms with Gasteiger partial charge < -0.3 is 15.0 Å². The molecule has 1 aliphatic heterocycles. The third-order valence-corrected chi connectivity index (χ3v) is 6.23. The fourth-order valence-corrected chi connectivity index (χ4v) is 4.52. The first-order valence-electron chi connectivity index (χ1n) is 10.7. The summed E-state index contributed by atoms with van der Waals surface area (Å²) in [5.74, 6) is 2.14. The Morgan fingerprint density at radius 3 is 2.50 bits per heavy atom. The molecule has 3 heterocycles. The second-order valence-electron chi connectivity index (χ2n) is 7.78. The lowest BCUT2D eigenvalue weighted by Crippen LogP contribution is -2.25. The molecule has 8 heteroatoms. The van der Waals surface area contributed by atoms with E-state index in [-0.39, 0.29) is 0 Å². The largest absolute Gasteiger partial charge is 0.492 e. The van der Waals surface area contributed by atoms with Crippen molar-refractivity contribution in [3.05, 3.63) is 64.8 Å². The van der Waals surface area contributed by atoms with Gasteiger partial charge in [-0.2, -0.15) is 0 Å². The predicted molar refractivity (Wildman–Crippen MR) is 130 cm³/mol. The molecule has 0 spiro atoms. The molecule has 2 aromatic carbocycles. The topological polar surface area (TPSA) is 66.1 Å². The van der Waals surface area contributed by atoms with Gasteiger partial charge in [-0.15, -0.1) is 0 Å². The summed E-state index contributed by atoms with van der Waals surface area (Å²) in [7, 11) is 0. The van der Waals surface area contributed by atoms with Crippen molar-refractivity contribution in [1.82, 2.24) is 19.9 Å². The van der Waals surface area contributed by atoms with Crippen LogP contribution >= 0.6 is 23.2 Å². The van der Waals surface area contributed by atoms with Crippen molar-refractivity contribution < 1.29 is 4.74 Å². The summed E-state index contributed by atoms with van der Waals surface area (Å²) in [5.41, 5.74) is 3.14. The van der Waals surface area contributed by atoms with Crippen LogP contribution in [0.5, 0.6) is 5.75 Å². The first-order valence-corrected chi connectivity index (χ1v) is 11.4. The Hall–Kier alpha value is -2.80. The molecule has 0 amide bonds. The van der Waals surface area contributed by atoms with Crippen LogP contribution in [-0.2, 0) is 0 Å². The number of hydrogen-bond acceptors (Lipinski definition) is 5. The molecule has 32 heavy (non-hydrogen) atoms. The van der Waals surface area contributed by atoms with Crippen molar-refractivity contribution >= 4 is 45.7 Å². The van der Waals surface area contributed by atoms with Gasteiger partial charge in [0.25, 0.3) is 0 Å². The van der Waals surface area contributed by atoms with Gasteiger partial charge in [-0.05, 0) is 68.4 Å². The van der Waals surface area contributed by atoms with Crippen molar-refractivity contribution in [2.24, 2.45) is 0 Å². The van der Waals surface area contributed by atoms with E-state index in [2.05, 4.69) is 25.2 Å². The number of fused-ring (bicyclic) bond motifs is 1. The second-order valence-corrected chi connectivity index (χ2v) is 8.60. The number of hydrogen-bond donors (Lipinski definition) is 2. The van der Waals surface area contributed by atoms with Crippen molar-refractivity contribution in [3.63, 3.8) is 0 Å². The Morgan fingerprint density at radius 2 is 1.75 bits per heavy atom. The van der Waals surface area contributed by atoms with Gasteiger partial charge in [0.05, 0.1) is 21.1 Å². The molecule has 2 aromatic heterocycles. The average Bonchev–Trinajstić information content (AvgIpc) is 3.45. The first-order chi connectivity index (χ1) is 15.7. The molecule has 0 radical (unpaired) electrons. The van der Waals surface area contributed by atoms with E-state index in [9.17, 15) is 0 Å². The average molecular weight is 468 g/mol. The number of anilines is 2. The van der Waals surface area contributed by atoms with E-state index < -0.39 is 0 Å². The van der Waals surface area contributed by atoms with Crippen molar-refractivity contribution in [3.8, 4) is 17.1 Å². The van der Waals surface area contributed by atoms with Crippen LogP contribution in [0, 0.1) is 0 Å². The predicted octanol–water partition coefficient (Wildman–Crippen LogP) is 6.15. The number of ether oxygens (including phenoxy) is 1. The quantitative estimate of drug-likeness (QED) is 0.341. The van der Waals surface area contributed by atoms with Gasteiger partial charge in [0, 0.05) is 18.4 Å². The molecule has 0 aliphatic carbocycles. The summed E-state index contributed by atoms with van der Waals surface area (Å²) in [6.07, 6.45) is 4.31. The number of nitrogens with one attached hydrogen (secondary N) is 2. The van der Waals surface area contributed by atoms with Gasteiger partial charge in [-0.3, -0.25) is 4.90 Å². The molecule has 0 bridgehead atoms. The highest BCUT2D eigenvalue weighted by molar-refractivity contribution is 6.39. The molecule has 0 saturated carbocycles. The Bertz CT molecular complexity index is 1200. The van der Waals surface area contributed by atoms with Gasteiger partial charge in [0.15, 0.2) is 5.82 Å². The van der Waals surface area contributed by atoms with Crippen LogP contribution in [-0.4, -0.2) is 46.1 Å². The fourth-order valence-electron chi connectivity index (χ4n) is 3.94. The maximum absolute atomic E-state index is 6.36. The highest BCUT2D eigenvalue weighted by Crippen LogP contribution is 2.35. The number of aromatic amines is 1. The van der Waals surface area contributed by atoms with E-state index in [1.165, 1.54) is 25.9 Å². The zero-order valence-electron chi connectivity index (χ0n) is 17.4. The summed E-state index contributed by atoms with van der Waals surface area (Å²) in [6, 6.07) is 15.1. The van der Waals surface area contributed by atoms with Crippen molar-refractivity contribution in [2.75, 3.05) is 31.6 Å². The van der Waals surface area contributed by atoms with Crippen molar-refractivity contribution in [1.29, 1.82) is 0 Å². The number of rotatable bonds is 7. The Kier molecular flexibility index (Phi) is 6.17. The highest BCUT2D eigenvalue weighted by Gasteiger charge is 2.15. The molecule has 5 rings (SSSR count). The van der Waals surface area contributed by atoms with Crippen LogP contribution < -0.4 is 10.1 Å². The molecule has 4 aromatic rings. The molecule has 1 aliphatic rings. The standard InChI is InChI=1S/C24H23Cl2N5O/c25-18-4-3-5-19(26)21(18)23-29-20-10-11-27-24(22(20)30-23)28-16-6-8-17(9-7-16)32-15-14-31-12-1-2-13-31/h3-11H,1-2,12-15H2,(H,27,28)(H,29,30). The third-order valence-electron chi connectivity index (χ3n) is 5.60. The van der Waals surface area contributed by atoms with Crippen LogP contribution in [0.4, 0.5) is 11.5 Å². The van der Waals surface area contributed by atoms with Gasteiger partial charge >= 0.3 is 0 Å². The highest BCUT2D eigenvalue weighted by atomic mass is 35.5. The van der Waals surface area contributed by atoms with Gasteiger partial charge in [-0.1, -0.05) is 29.3 Å². The van der Waals surface area contributed by atoms with Crippen LogP contribution in [0.3, 0.4) is 0 Å². The number of aromatic nitrogens is 3. The summed E-state index contributed by atoms with van der Waals surface area (Å²) in [5, 5.41) is 4.44. The number of imidazole rings is 1. The molecular formula is C24H23Cl2N5O. The molecule has 1 fully saturated rings. The number of halogens is 2. The SMILES string of the molecule is Clc1cccc(Cl)c1-c1nc2ccnc(Nc3ccc(OCCN4CCCC4)cc3)c2[nH]1. The monoisotopic (exact) mass is 467 g/mol. The summed E-state index contributed by atoms with van der Waals surface area (Å²) < 4.78 is 5.89. The van der Waals surface area contributed by atoms with E-state index in [0.29, 0.717) is 33.9 Å². The summed E-state index contributed by atoms with van der Waals surface area (Å²) in [6.45, 7) is 4.05. The first kappa shape index (κ1) is 21.1. The van der Waals surface area contributed by atoms with Gasteiger partial charge in [0.1, 0.15) is 23.7 Å². The second kappa shape index (κ2) is 9.36. The number of likely N-dealkylation sites (tertiary alicyclic amines) is 1. The van der Waals surface area contributed by atoms with E-state index >= 15 is 0 Å². The van der Waals surface area contributed by atoms with E-state index in [4.69, 9.17) is 27.9 Å². The van der Waals surface area contributed by atoms with Crippen LogP contribution in [0.25, 0.3) is 22.4 Å². The van der Waals surface area contributed by atoms with Crippen LogP contribution in [0.15, 0.2) is 54.7 Å². The van der Waals surface area contributed by atoms with E-state index in [1.54, 1.807) is 18.3 Å². The normalized spacial score (nSPS) is 14.2. The lowest BCUT2D eigenvalue weighted by atomic mass is 10.2. The summed E-state index contributed by atoms with van der Waals surface area (Å²) in [4.78, 5) is 14.9. The van der Waals surface area contributed by atoms with E-state index in [0.717, 1.165) is 29.0 Å². The minimum absolute atomic E-state index is 0.541. The number of pyridine rings is 1. The molecular weight excluding hydrogens is 445 g/mol. The number of nitrogens with zero attached hydrogens (tertiary/aromatic N) is 3. The third kappa shape index (κ3) is 4.53. The fraction of sp³-hybridized carbons (Fsp3) is 0.250. The molecule has 0 atom stereocenters. The minimum Gasteiger partial charge on any atom is -0.492 e. The van der Waals surface area contributed by atoms with Crippen molar-refractivity contribution in [2.45, 2.75) is 12.8 Å². The Morgan fingerprint density at radius 1 is 1.00 bits per heavy atom. The lowest BCUT2D eigenvalue weighted by molar-refractivity contribution is 0.238.